The monoisotopic (exact) mass is 1090 g/mol. The van der Waals surface area contributed by atoms with E-state index >= 15 is 0 Å². The van der Waals surface area contributed by atoms with E-state index in [2.05, 4.69) is 121 Å². The maximum absolute atomic E-state index is 6.66. The number of H-pyrrole nitrogens is 2. The van der Waals surface area contributed by atoms with Crippen LogP contribution in [-0.4, -0.2) is 88.7 Å². The Morgan fingerprint density at radius 1 is 0.263 bits per heavy atom. The second-order valence-electron chi connectivity index (χ2n) is 21.7. The molecule has 0 radical (unpaired) electrons. The molecule has 4 aromatic carbocycles. The van der Waals surface area contributed by atoms with Crippen LogP contribution in [0.2, 0.25) is 0 Å². The third-order valence-corrected chi connectivity index (χ3v) is 15.3. The lowest BCUT2D eigenvalue weighted by molar-refractivity contribution is 0.177. The maximum atomic E-state index is 6.66. The van der Waals surface area contributed by atoms with Crippen molar-refractivity contribution in [2.24, 2.45) is 0 Å². The second kappa shape index (κ2) is 24.6. The van der Waals surface area contributed by atoms with E-state index in [4.69, 9.17) is 67.8 Å². The van der Waals surface area contributed by atoms with Gasteiger partial charge in [0.2, 0.25) is 0 Å². The lowest BCUT2D eigenvalue weighted by atomic mass is 10.1. The summed E-state index contributed by atoms with van der Waals surface area (Å²) in [6.07, 6.45) is 5.49. The van der Waals surface area contributed by atoms with Crippen LogP contribution >= 0.6 is 0 Å². The number of ether oxygens (including phenoxy) is 8. The molecule has 9 rings (SSSR count). The fourth-order valence-corrected chi connectivity index (χ4v) is 8.95. The van der Waals surface area contributed by atoms with Gasteiger partial charge in [-0.25, -0.2) is 29.9 Å². The van der Waals surface area contributed by atoms with E-state index in [0.717, 1.165) is 72.9 Å². The summed E-state index contributed by atoms with van der Waals surface area (Å²) in [6.45, 7) is 33.2. The summed E-state index contributed by atoms with van der Waals surface area (Å²) < 4.78 is 53.3. The van der Waals surface area contributed by atoms with Crippen molar-refractivity contribution in [2.45, 2.75) is 211 Å². The predicted octanol–water partition coefficient (Wildman–Crippen LogP) is 16.3. The van der Waals surface area contributed by atoms with Crippen molar-refractivity contribution in [3.05, 3.63) is 48.5 Å². The smallest absolute Gasteiger partial charge is 0.164 e. The molecule has 426 valence electrons. The Kier molecular flexibility index (Phi) is 17.6. The van der Waals surface area contributed by atoms with Gasteiger partial charge in [-0.2, -0.15) is 0 Å². The number of nitrogens with zero attached hydrogens (tertiary/aromatic N) is 6. The van der Waals surface area contributed by atoms with Crippen molar-refractivity contribution in [1.29, 1.82) is 0 Å². The first-order valence-electron chi connectivity index (χ1n) is 29.4. The van der Waals surface area contributed by atoms with Crippen molar-refractivity contribution in [1.82, 2.24) is 39.9 Å². The minimum atomic E-state index is -0.104. The van der Waals surface area contributed by atoms with Crippen LogP contribution in [0.1, 0.15) is 162 Å². The molecule has 0 fully saturated rings. The third-order valence-electron chi connectivity index (χ3n) is 15.3. The zero-order valence-electron chi connectivity index (χ0n) is 49.8. The van der Waals surface area contributed by atoms with Crippen LogP contribution in [0.25, 0.3) is 89.7 Å². The Labute approximate surface area is 471 Å². The molecule has 0 saturated carbocycles. The van der Waals surface area contributed by atoms with Gasteiger partial charge in [-0.1, -0.05) is 55.4 Å². The Morgan fingerprint density at radius 2 is 0.425 bits per heavy atom. The fourth-order valence-electron chi connectivity index (χ4n) is 8.95. The highest BCUT2D eigenvalue weighted by Gasteiger charge is 2.29. The first-order valence-corrected chi connectivity index (χ1v) is 29.4. The summed E-state index contributed by atoms with van der Waals surface area (Å²) >= 11 is 0. The fraction of sp³-hybridized carbons (Fsp3) is 0.500. The molecule has 0 spiro atoms. The number of rotatable bonds is 24. The Balaban J connectivity index is 1.48. The molecule has 5 heterocycles. The van der Waals surface area contributed by atoms with Gasteiger partial charge >= 0.3 is 0 Å². The van der Waals surface area contributed by atoms with Crippen molar-refractivity contribution in [3.8, 4) is 91.5 Å². The van der Waals surface area contributed by atoms with E-state index in [0.29, 0.717) is 114 Å². The minimum Gasteiger partial charge on any atom is -0.487 e. The highest BCUT2D eigenvalue weighted by molar-refractivity contribution is 6.08. The summed E-state index contributed by atoms with van der Waals surface area (Å²) in [5.41, 5.74) is 4.79. The van der Waals surface area contributed by atoms with Crippen molar-refractivity contribution < 1.29 is 37.9 Å². The minimum absolute atomic E-state index is 0.102. The summed E-state index contributed by atoms with van der Waals surface area (Å²) in [7, 11) is 0. The largest absolute Gasteiger partial charge is 0.487 e. The van der Waals surface area contributed by atoms with E-state index in [1.807, 2.05) is 48.5 Å². The molecule has 3 aromatic heterocycles. The van der Waals surface area contributed by atoms with Crippen LogP contribution in [0.3, 0.4) is 0 Å². The zero-order chi connectivity index (χ0) is 57.1. The number of hydrogen-bond acceptors (Lipinski definition) is 14. The summed E-state index contributed by atoms with van der Waals surface area (Å²) in [5, 5.41) is 2.94. The SMILES string of the molecule is CCC(C)Oc1cc2c(cc1OC(C)CC)-c1nc-2nc2[nH]c(nc3nc(nc4[nH]c(n1)c1cc(OC(C)CC)c(OC(C)CC)cc41)-c1cc(OC(C)CC)c(OC(C)CC)cc1-3)c1cc(OC(C)CC)c(OC(C)CC)cc21. The summed E-state index contributed by atoms with van der Waals surface area (Å²) in [6, 6.07) is 15.9. The van der Waals surface area contributed by atoms with Gasteiger partial charge in [0.25, 0.3) is 0 Å². The van der Waals surface area contributed by atoms with Crippen molar-refractivity contribution >= 4 is 44.1 Å². The summed E-state index contributed by atoms with van der Waals surface area (Å²) in [4.78, 5) is 39.7. The van der Waals surface area contributed by atoms with Crippen molar-refractivity contribution in [3.63, 3.8) is 0 Å². The van der Waals surface area contributed by atoms with Gasteiger partial charge in [-0.15, -0.1) is 0 Å². The maximum Gasteiger partial charge on any atom is 0.164 e. The number of hydrogen-bond donors (Lipinski definition) is 2. The van der Waals surface area contributed by atoms with Gasteiger partial charge in [0.05, 0.1) is 48.8 Å². The van der Waals surface area contributed by atoms with E-state index in [-0.39, 0.29) is 48.8 Å². The van der Waals surface area contributed by atoms with E-state index in [1.165, 1.54) is 0 Å². The van der Waals surface area contributed by atoms with Crippen LogP contribution in [0, 0.1) is 0 Å². The molecular weight excluding hydrogens is 1010 g/mol. The van der Waals surface area contributed by atoms with Crippen LogP contribution < -0.4 is 37.9 Å². The molecule has 16 heteroatoms. The number of benzene rings is 4. The molecular formula is C64H82N8O8. The van der Waals surface area contributed by atoms with Crippen LogP contribution in [0.15, 0.2) is 48.5 Å². The molecule has 8 atom stereocenters. The molecule has 2 aliphatic rings. The highest BCUT2D eigenvalue weighted by Crippen LogP contribution is 2.47. The molecule has 8 unspecified atom stereocenters. The van der Waals surface area contributed by atoms with Gasteiger partial charge in [-0.05, 0) is 155 Å². The molecule has 16 nitrogen and oxygen atoms in total. The quantitative estimate of drug-likeness (QED) is 0.0583. The van der Waals surface area contributed by atoms with Gasteiger partial charge in [0.15, 0.2) is 69.3 Å². The van der Waals surface area contributed by atoms with Crippen LogP contribution in [0.4, 0.5) is 0 Å². The van der Waals surface area contributed by atoms with E-state index < -0.39 is 0 Å². The molecule has 8 bridgehead atoms. The topological polar surface area (TPSA) is 183 Å². The normalized spacial score (nSPS) is 15.0. The molecule has 0 amide bonds. The number of nitrogens with one attached hydrogen (secondary N) is 2. The zero-order valence-corrected chi connectivity index (χ0v) is 49.8. The van der Waals surface area contributed by atoms with Crippen molar-refractivity contribution in [2.75, 3.05) is 0 Å². The number of aromatic nitrogens is 8. The third kappa shape index (κ3) is 12.0. The van der Waals surface area contributed by atoms with Gasteiger partial charge in [0, 0.05) is 43.8 Å². The average Bonchev–Trinajstić information content (AvgIpc) is 4.21. The van der Waals surface area contributed by atoms with Gasteiger partial charge in [-0.3, -0.25) is 0 Å². The molecule has 7 aromatic rings. The van der Waals surface area contributed by atoms with Gasteiger partial charge < -0.3 is 47.9 Å². The number of fused-ring (bicyclic) bond motifs is 20. The summed E-state index contributed by atoms with van der Waals surface area (Å²) in [5.74, 6) is 6.32. The highest BCUT2D eigenvalue weighted by atomic mass is 16.5. The molecule has 0 saturated heterocycles. The molecule has 2 N–H and O–H groups in total. The molecule has 2 aliphatic heterocycles. The Bertz CT molecular complexity index is 3090. The molecule has 0 aliphatic carbocycles. The Hall–Kier alpha value is -7.36. The lowest BCUT2D eigenvalue weighted by Crippen LogP contribution is -2.14. The van der Waals surface area contributed by atoms with Crippen LogP contribution in [0.5, 0.6) is 46.0 Å². The van der Waals surface area contributed by atoms with E-state index in [9.17, 15) is 0 Å². The van der Waals surface area contributed by atoms with Crippen LogP contribution in [-0.2, 0) is 0 Å². The van der Waals surface area contributed by atoms with Gasteiger partial charge in [0.1, 0.15) is 22.6 Å². The average molecular weight is 1090 g/mol. The molecule has 80 heavy (non-hydrogen) atoms. The number of aromatic amines is 2. The lowest BCUT2D eigenvalue weighted by Gasteiger charge is -2.20. The predicted molar refractivity (Wildman–Crippen MR) is 319 cm³/mol. The Morgan fingerprint density at radius 3 is 0.588 bits per heavy atom. The standard InChI is InChI=1S/C64H82N8O8/c1-17-33(9)73-49-25-41-42(26-50(49)74-34(10)18-2)58-65-57(41)69-59-43-27-51(75-35(11)19-3)52(76-36(12)20-4)28-44(43)61(66-59)71-63-47-31-55(79-39(15)23-7)56(80-40(16)24-8)32-48(47)64(68-63)72-62-46-30-54(78-38(14)22-6)53(77-37(13)21-5)29-45(46)60(67-62)70-58/h25-40H,17-24H2,1-16H3,(H2,65,66,67,68,69,70,71,72). The second-order valence-corrected chi connectivity index (χ2v) is 21.7. The van der Waals surface area contributed by atoms with E-state index in [1.54, 1.807) is 0 Å². The first kappa shape index (κ1) is 57.3. The first-order chi connectivity index (χ1) is 38.5.